The predicted octanol–water partition coefficient (Wildman–Crippen LogP) is 2.30. The predicted molar refractivity (Wildman–Crippen MR) is 69.0 cm³/mol. The van der Waals surface area contributed by atoms with E-state index in [0.29, 0.717) is 6.42 Å². The van der Waals surface area contributed by atoms with Gasteiger partial charge in [-0.1, -0.05) is 24.3 Å². The Morgan fingerprint density at radius 2 is 2.00 bits per heavy atom. The molecule has 2 rings (SSSR count). The van der Waals surface area contributed by atoms with Gasteiger partial charge in [-0.05, 0) is 24.5 Å². The molecule has 1 aliphatic heterocycles. The molecule has 94 valence electrons. The molecule has 1 aromatic carbocycles. The third-order valence-corrected chi connectivity index (χ3v) is 3.52. The van der Waals surface area contributed by atoms with Gasteiger partial charge in [0.15, 0.2) is 0 Å². The molecule has 0 unspecified atom stereocenters. The number of halogens is 1. The number of nitrogens with one attached hydrogen (secondary N) is 1. The van der Waals surface area contributed by atoms with Crippen LogP contribution in [0.15, 0.2) is 24.3 Å². The normalized spacial score (nSPS) is 19.2. The van der Waals surface area contributed by atoms with Gasteiger partial charge >= 0.3 is 0 Å². The topological polar surface area (TPSA) is 15.3 Å². The van der Waals surface area contributed by atoms with Gasteiger partial charge in [0.25, 0.3) is 0 Å². The minimum Gasteiger partial charge on any atom is -0.314 e. The van der Waals surface area contributed by atoms with Crippen LogP contribution in [0, 0.1) is 6.92 Å². The summed E-state index contributed by atoms with van der Waals surface area (Å²) in [5, 5.41) is 3.34. The van der Waals surface area contributed by atoms with E-state index in [1.165, 1.54) is 11.1 Å². The lowest BCUT2D eigenvalue weighted by molar-refractivity contribution is 0.157. The van der Waals surface area contributed by atoms with Gasteiger partial charge in [-0.3, -0.25) is 9.29 Å². The summed E-state index contributed by atoms with van der Waals surface area (Å²) in [4.78, 5) is 2.40. The van der Waals surface area contributed by atoms with Crippen molar-refractivity contribution in [1.29, 1.82) is 0 Å². The molecule has 1 aliphatic rings. The van der Waals surface area contributed by atoms with Crippen LogP contribution in [0.1, 0.15) is 23.6 Å². The Hall–Kier alpha value is -0.930. The van der Waals surface area contributed by atoms with Gasteiger partial charge < -0.3 is 5.32 Å². The summed E-state index contributed by atoms with van der Waals surface area (Å²) < 4.78 is 12.8. The van der Waals surface area contributed by atoms with Crippen molar-refractivity contribution in [1.82, 2.24) is 10.2 Å². The van der Waals surface area contributed by atoms with E-state index in [9.17, 15) is 4.39 Å². The van der Waals surface area contributed by atoms with Gasteiger partial charge in [0.05, 0.1) is 6.67 Å². The molecule has 0 amide bonds. The molecule has 0 radical (unpaired) electrons. The summed E-state index contributed by atoms with van der Waals surface area (Å²) in [7, 11) is 0. The van der Waals surface area contributed by atoms with Crippen molar-refractivity contribution in [3.05, 3.63) is 35.4 Å². The lowest BCUT2D eigenvalue weighted by Gasteiger charge is -2.35. The second-order valence-electron chi connectivity index (χ2n) is 4.64. The molecule has 0 aliphatic carbocycles. The summed E-state index contributed by atoms with van der Waals surface area (Å²) >= 11 is 0. The third kappa shape index (κ3) is 3.05. The second kappa shape index (κ2) is 6.12. The van der Waals surface area contributed by atoms with E-state index in [4.69, 9.17) is 0 Å². The molecular formula is C14H21FN2. The second-order valence-corrected chi connectivity index (χ2v) is 4.64. The monoisotopic (exact) mass is 236 g/mol. The van der Waals surface area contributed by atoms with E-state index >= 15 is 0 Å². The Balaban J connectivity index is 2.18. The van der Waals surface area contributed by atoms with Gasteiger partial charge in [0.2, 0.25) is 0 Å². The Bertz CT molecular complexity index is 348. The molecule has 0 saturated carbocycles. The lowest BCUT2D eigenvalue weighted by Crippen LogP contribution is -2.45. The lowest BCUT2D eigenvalue weighted by atomic mass is 9.97. The minimum atomic E-state index is -0.247. The summed E-state index contributed by atoms with van der Waals surface area (Å²) in [6.45, 7) is 5.91. The Morgan fingerprint density at radius 3 is 2.65 bits per heavy atom. The quantitative estimate of drug-likeness (QED) is 0.863. The summed E-state index contributed by atoms with van der Waals surface area (Å²) in [5.74, 6) is 0. The number of piperazine rings is 1. The fourth-order valence-electron chi connectivity index (χ4n) is 2.59. The minimum absolute atomic E-state index is 0.239. The molecule has 17 heavy (non-hydrogen) atoms. The van der Waals surface area contributed by atoms with Gasteiger partial charge in [0.1, 0.15) is 0 Å². The van der Waals surface area contributed by atoms with Crippen molar-refractivity contribution in [2.24, 2.45) is 0 Å². The van der Waals surface area contributed by atoms with Crippen LogP contribution < -0.4 is 5.32 Å². The highest BCUT2D eigenvalue weighted by atomic mass is 19.1. The van der Waals surface area contributed by atoms with Crippen molar-refractivity contribution in [2.45, 2.75) is 19.4 Å². The fraction of sp³-hybridized carbons (Fsp3) is 0.571. The maximum atomic E-state index is 12.8. The van der Waals surface area contributed by atoms with Crippen molar-refractivity contribution in [3.8, 4) is 0 Å². The van der Waals surface area contributed by atoms with Crippen LogP contribution in [0.3, 0.4) is 0 Å². The molecule has 1 saturated heterocycles. The van der Waals surface area contributed by atoms with E-state index in [2.05, 4.69) is 35.3 Å². The van der Waals surface area contributed by atoms with E-state index in [1.54, 1.807) is 0 Å². The van der Waals surface area contributed by atoms with Gasteiger partial charge in [0, 0.05) is 32.2 Å². The average molecular weight is 236 g/mol. The maximum absolute atomic E-state index is 12.8. The fourth-order valence-corrected chi connectivity index (χ4v) is 2.59. The molecule has 3 heteroatoms. The number of aryl methyl sites for hydroxylation is 1. The zero-order valence-corrected chi connectivity index (χ0v) is 10.5. The summed E-state index contributed by atoms with van der Waals surface area (Å²) in [6, 6.07) is 8.59. The highest BCUT2D eigenvalue weighted by molar-refractivity contribution is 5.29. The Labute approximate surface area is 103 Å². The third-order valence-electron chi connectivity index (χ3n) is 3.52. The van der Waals surface area contributed by atoms with Crippen LogP contribution in [0.2, 0.25) is 0 Å². The molecule has 2 nitrogen and oxygen atoms in total. The van der Waals surface area contributed by atoms with Gasteiger partial charge in [-0.15, -0.1) is 0 Å². The average Bonchev–Trinajstić information content (AvgIpc) is 2.38. The zero-order chi connectivity index (χ0) is 12.1. The Morgan fingerprint density at radius 1 is 1.29 bits per heavy atom. The highest BCUT2D eigenvalue weighted by Crippen LogP contribution is 2.27. The first-order chi connectivity index (χ1) is 8.33. The first-order valence-corrected chi connectivity index (χ1v) is 6.39. The first kappa shape index (κ1) is 12.5. The number of nitrogens with zero attached hydrogens (tertiary/aromatic N) is 1. The molecule has 0 bridgehead atoms. The Kier molecular flexibility index (Phi) is 4.51. The summed E-state index contributed by atoms with van der Waals surface area (Å²) in [5.41, 5.74) is 2.55. The molecule has 1 aromatic rings. The number of hydrogen-bond donors (Lipinski definition) is 1. The number of benzene rings is 1. The molecule has 1 heterocycles. The van der Waals surface area contributed by atoms with Crippen molar-refractivity contribution in [2.75, 3.05) is 32.9 Å². The molecule has 1 N–H and O–H groups in total. The van der Waals surface area contributed by atoms with Crippen molar-refractivity contribution < 1.29 is 4.39 Å². The largest absolute Gasteiger partial charge is 0.314 e. The van der Waals surface area contributed by atoms with Crippen LogP contribution in [0.5, 0.6) is 0 Å². The van der Waals surface area contributed by atoms with E-state index in [-0.39, 0.29) is 12.7 Å². The molecule has 1 fully saturated rings. The van der Waals surface area contributed by atoms with Crippen LogP contribution in [0.25, 0.3) is 0 Å². The van der Waals surface area contributed by atoms with Crippen LogP contribution in [-0.2, 0) is 0 Å². The molecular weight excluding hydrogens is 215 g/mol. The summed E-state index contributed by atoms with van der Waals surface area (Å²) in [6.07, 6.45) is 0.602. The van der Waals surface area contributed by atoms with Crippen LogP contribution in [-0.4, -0.2) is 37.8 Å². The van der Waals surface area contributed by atoms with E-state index in [0.717, 1.165) is 26.2 Å². The van der Waals surface area contributed by atoms with Crippen LogP contribution >= 0.6 is 0 Å². The molecule has 1 atom stereocenters. The highest BCUT2D eigenvalue weighted by Gasteiger charge is 2.22. The van der Waals surface area contributed by atoms with E-state index in [1.807, 2.05) is 6.07 Å². The van der Waals surface area contributed by atoms with Crippen molar-refractivity contribution >= 4 is 0 Å². The number of alkyl halides is 1. The molecule has 0 aromatic heterocycles. The number of rotatable bonds is 4. The van der Waals surface area contributed by atoms with Gasteiger partial charge in [-0.2, -0.15) is 0 Å². The van der Waals surface area contributed by atoms with Gasteiger partial charge in [-0.25, -0.2) is 0 Å². The standard InChI is InChI=1S/C14H21FN2/c1-12-4-2-3-5-13(12)14(6-7-15)17-10-8-16-9-11-17/h2-5,14,16H,6-11H2,1H3/t14-/m0/s1. The smallest absolute Gasteiger partial charge is 0.0912 e. The number of hydrogen-bond acceptors (Lipinski definition) is 2. The maximum Gasteiger partial charge on any atom is 0.0912 e. The zero-order valence-electron chi connectivity index (χ0n) is 10.5. The SMILES string of the molecule is Cc1ccccc1[C@H](CCF)N1CCNCC1. The van der Waals surface area contributed by atoms with E-state index < -0.39 is 0 Å². The molecule has 0 spiro atoms. The van der Waals surface area contributed by atoms with Crippen LogP contribution in [0.4, 0.5) is 4.39 Å². The van der Waals surface area contributed by atoms with Crippen molar-refractivity contribution in [3.63, 3.8) is 0 Å². The first-order valence-electron chi connectivity index (χ1n) is 6.39.